The molecule has 0 bridgehead atoms. The van der Waals surface area contributed by atoms with Gasteiger partial charge in [0.15, 0.2) is 0 Å². The van der Waals surface area contributed by atoms with Crippen LogP contribution in [0.5, 0.6) is 0 Å². The normalized spacial score (nSPS) is 12.6. The third kappa shape index (κ3) is 4.59. The largest absolute Gasteiger partial charge is 0.368 e. The van der Waals surface area contributed by atoms with Crippen LogP contribution in [0.4, 0.5) is 5.69 Å². The second-order valence-electron chi connectivity index (χ2n) is 4.92. The number of nitriles is 1. The van der Waals surface area contributed by atoms with E-state index in [1.165, 1.54) is 13.0 Å². The van der Waals surface area contributed by atoms with Crippen LogP contribution in [0.2, 0.25) is 0 Å². The van der Waals surface area contributed by atoms with Crippen molar-refractivity contribution in [3.05, 3.63) is 29.8 Å². The predicted octanol–water partition coefficient (Wildman–Crippen LogP) is 0.778. The molecule has 4 N–H and O–H groups in total. The lowest BCUT2D eigenvalue weighted by atomic mass is 9.98. The smallest absolute Gasteiger partial charge is 0.254 e. The molecule has 0 heterocycles. The Morgan fingerprint density at radius 1 is 1.32 bits per heavy atom. The van der Waals surface area contributed by atoms with Gasteiger partial charge in [0.1, 0.15) is 6.04 Å². The van der Waals surface area contributed by atoms with Gasteiger partial charge >= 0.3 is 0 Å². The maximum atomic E-state index is 12.3. The number of amides is 3. The van der Waals surface area contributed by atoms with Crippen molar-refractivity contribution in [2.45, 2.75) is 26.3 Å². The van der Waals surface area contributed by atoms with Gasteiger partial charge in [-0.15, -0.1) is 0 Å². The molecule has 22 heavy (non-hydrogen) atoms. The second-order valence-corrected chi connectivity index (χ2v) is 4.92. The number of hydrogen-bond donors (Lipinski definition) is 3. The van der Waals surface area contributed by atoms with Gasteiger partial charge < -0.3 is 16.4 Å². The first kappa shape index (κ1) is 17.2. The molecule has 0 aromatic heterocycles. The molecule has 7 heteroatoms. The summed E-state index contributed by atoms with van der Waals surface area (Å²) in [5.74, 6) is -1.99. The zero-order chi connectivity index (χ0) is 16.7. The summed E-state index contributed by atoms with van der Waals surface area (Å²) in [4.78, 5) is 34.9. The van der Waals surface area contributed by atoms with Gasteiger partial charge in [0.05, 0.1) is 17.3 Å². The van der Waals surface area contributed by atoms with Crippen LogP contribution in [0.15, 0.2) is 24.3 Å². The van der Waals surface area contributed by atoms with E-state index in [1.54, 1.807) is 25.1 Å². The minimum Gasteiger partial charge on any atom is -0.368 e. The molecule has 1 rings (SSSR count). The molecule has 3 amide bonds. The zero-order valence-corrected chi connectivity index (χ0v) is 12.4. The fraction of sp³-hybridized carbons (Fsp3) is 0.333. The molecular weight excluding hydrogens is 284 g/mol. The van der Waals surface area contributed by atoms with Crippen molar-refractivity contribution in [2.24, 2.45) is 11.7 Å². The van der Waals surface area contributed by atoms with E-state index in [0.717, 1.165) is 0 Å². The number of rotatable bonds is 6. The fourth-order valence-electron chi connectivity index (χ4n) is 1.95. The number of nitrogens with one attached hydrogen (secondary N) is 2. The van der Waals surface area contributed by atoms with Crippen molar-refractivity contribution in [1.82, 2.24) is 5.32 Å². The summed E-state index contributed by atoms with van der Waals surface area (Å²) in [6, 6.07) is 7.39. The third-order valence-corrected chi connectivity index (χ3v) is 3.06. The average Bonchev–Trinajstić information content (AvgIpc) is 2.44. The van der Waals surface area contributed by atoms with Gasteiger partial charge in [-0.2, -0.15) is 5.26 Å². The summed E-state index contributed by atoms with van der Waals surface area (Å²) in [5.41, 5.74) is 5.83. The highest BCUT2D eigenvalue weighted by atomic mass is 16.2. The number of anilines is 1. The number of nitrogens with zero attached hydrogens (tertiary/aromatic N) is 1. The minimum atomic E-state index is -0.961. The molecule has 1 aromatic rings. The van der Waals surface area contributed by atoms with E-state index in [0.29, 0.717) is 5.69 Å². The van der Waals surface area contributed by atoms with E-state index < -0.39 is 23.8 Å². The SMILES string of the molecule is CC(=O)Nc1ccccc1C(=O)N[C@@H](C(N)=O)[C@H](C)CC#N. The Bertz CT molecular complexity index is 621. The molecule has 0 saturated carbocycles. The predicted molar refractivity (Wildman–Crippen MR) is 80.6 cm³/mol. The van der Waals surface area contributed by atoms with Crippen LogP contribution in [0, 0.1) is 17.2 Å². The highest BCUT2D eigenvalue weighted by Crippen LogP contribution is 2.16. The van der Waals surface area contributed by atoms with Crippen LogP contribution in [0.25, 0.3) is 0 Å². The molecule has 0 radical (unpaired) electrons. The van der Waals surface area contributed by atoms with Crippen molar-refractivity contribution in [3.8, 4) is 6.07 Å². The van der Waals surface area contributed by atoms with E-state index >= 15 is 0 Å². The number of para-hydroxylation sites is 1. The highest BCUT2D eigenvalue weighted by Gasteiger charge is 2.26. The molecule has 7 nitrogen and oxygen atoms in total. The van der Waals surface area contributed by atoms with Gasteiger partial charge in [-0.3, -0.25) is 14.4 Å². The fourth-order valence-corrected chi connectivity index (χ4v) is 1.95. The monoisotopic (exact) mass is 302 g/mol. The maximum Gasteiger partial charge on any atom is 0.254 e. The summed E-state index contributed by atoms with van der Waals surface area (Å²) in [7, 11) is 0. The molecule has 1 aromatic carbocycles. The lowest BCUT2D eigenvalue weighted by molar-refractivity contribution is -0.121. The zero-order valence-electron chi connectivity index (χ0n) is 12.4. The van der Waals surface area contributed by atoms with Gasteiger partial charge in [0.25, 0.3) is 5.91 Å². The first-order chi connectivity index (χ1) is 10.4. The van der Waals surface area contributed by atoms with Gasteiger partial charge in [0.2, 0.25) is 11.8 Å². The summed E-state index contributed by atoms with van der Waals surface area (Å²) in [5, 5.41) is 13.8. The molecule has 0 aliphatic rings. The van der Waals surface area contributed by atoms with E-state index in [2.05, 4.69) is 10.6 Å². The number of hydrogen-bond acceptors (Lipinski definition) is 4. The van der Waals surface area contributed by atoms with E-state index in [4.69, 9.17) is 11.0 Å². The van der Waals surface area contributed by atoms with Crippen LogP contribution < -0.4 is 16.4 Å². The third-order valence-electron chi connectivity index (χ3n) is 3.06. The van der Waals surface area contributed by atoms with Gasteiger partial charge in [0, 0.05) is 13.3 Å². The van der Waals surface area contributed by atoms with Gasteiger partial charge in [-0.1, -0.05) is 19.1 Å². The van der Waals surface area contributed by atoms with Gasteiger partial charge in [-0.05, 0) is 18.1 Å². The molecule has 2 atom stereocenters. The Balaban J connectivity index is 2.98. The van der Waals surface area contributed by atoms with Crippen molar-refractivity contribution in [3.63, 3.8) is 0 Å². The quantitative estimate of drug-likeness (QED) is 0.717. The molecule has 0 saturated heterocycles. The Kier molecular flexibility index (Phi) is 6.08. The number of benzene rings is 1. The standard InChI is InChI=1S/C15H18N4O3/c1-9(7-8-16)13(14(17)21)19-15(22)11-5-3-4-6-12(11)18-10(2)20/h3-6,9,13H,7H2,1-2H3,(H2,17,21)(H,18,20)(H,19,22)/t9-,13-/m1/s1. The van der Waals surface area contributed by atoms with Crippen LogP contribution in [-0.4, -0.2) is 23.8 Å². The maximum absolute atomic E-state index is 12.3. The summed E-state index contributed by atoms with van der Waals surface area (Å²) in [6.07, 6.45) is 0.0846. The molecule has 0 fully saturated rings. The first-order valence-corrected chi connectivity index (χ1v) is 6.70. The highest BCUT2D eigenvalue weighted by molar-refractivity contribution is 6.04. The average molecular weight is 302 g/mol. The summed E-state index contributed by atoms with van der Waals surface area (Å²) in [6.45, 7) is 2.98. The second kappa shape index (κ2) is 7.78. The van der Waals surface area contributed by atoms with Gasteiger partial charge in [-0.25, -0.2) is 0 Å². The Morgan fingerprint density at radius 3 is 2.50 bits per heavy atom. The van der Waals surface area contributed by atoms with Crippen molar-refractivity contribution < 1.29 is 14.4 Å². The van der Waals surface area contributed by atoms with E-state index in [9.17, 15) is 14.4 Å². The summed E-state index contributed by atoms with van der Waals surface area (Å²) >= 11 is 0. The van der Waals surface area contributed by atoms with Crippen molar-refractivity contribution in [2.75, 3.05) is 5.32 Å². The molecule has 0 spiro atoms. The number of nitrogens with two attached hydrogens (primary N) is 1. The molecule has 0 aliphatic heterocycles. The van der Waals surface area contributed by atoms with Crippen LogP contribution >= 0.6 is 0 Å². The molecule has 0 aliphatic carbocycles. The van der Waals surface area contributed by atoms with Crippen LogP contribution in [-0.2, 0) is 9.59 Å². The minimum absolute atomic E-state index is 0.0846. The number of carbonyl (C=O) groups excluding carboxylic acids is 3. The summed E-state index contributed by atoms with van der Waals surface area (Å²) < 4.78 is 0. The number of carbonyl (C=O) groups is 3. The topological polar surface area (TPSA) is 125 Å². The molecule has 0 unspecified atom stereocenters. The molecule has 116 valence electrons. The van der Waals surface area contributed by atoms with Crippen LogP contribution in [0.1, 0.15) is 30.6 Å². The Morgan fingerprint density at radius 2 is 1.95 bits per heavy atom. The molecular formula is C15H18N4O3. The Hall–Kier alpha value is -2.88. The van der Waals surface area contributed by atoms with Crippen LogP contribution in [0.3, 0.4) is 0 Å². The Labute approximate surface area is 128 Å². The van der Waals surface area contributed by atoms with E-state index in [-0.39, 0.29) is 17.9 Å². The first-order valence-electron chi connectivity index (χ1n) is 6.70. The van der Waals surface area contributed by atoms with E-state index in [1.807, 2.05) is 6.07 Å². The lowest BCUT2D eigenvalue weighted by Crippen LogP contribution is -2.48. The van der Waals surface area contributed by atoms with Crippen molar-refractivity contribution in [1.29, 1.82) is 5.26 Å². The number of primary amides is 1. The van der Waals surface area contributed by atoms with Crippen molar-refractivity contribution >= 4 is 23.4 Å². The lowest BCUT2D eigenvalue weighted by Gasteiger charge is -2.21.